The van der Waals surface area contributed by atoms with Crippen molar-refractivity contribution in [3.05, 3.63) is 28.2 Å². The molecule has 0 saturated carbocycles. The zero-order valence-electron chi connectivity index (χ0n) is 10.1. The summed E-state index contributed by atoms with van der Waals surface area (Å²) in [6.45, 7) is 2.54. The number of esters is 1. The molecule has 0 unspecified atom stereocenters. The fourth-order valence-corrected chi connectivity index (χ4v) is 1.75. The molecule has 0 spiro atoms. The number of halogens is 1. The highest BCUT2D eigenvalue weighted by molar-refractivity contribution is 9.10. The second kappa shape index (κ2) is 7.87. The summed E-state index contributed by atoms with van der Waals surface area (Å²) in [7, 11) is 0. The first-order valence-electron chi connectivity index (χ1n) is 5.70. The van der Waals surface area contributed by atoms with E-state index in [0.717, 1.165) is 10.8 Å². The Hall–Kier alpha value is -1.36. The molecule has 0 saturated heterocycles. The van der Waals surface area contributed by atoms with Crippen LogP contribution >= 0.6 is 15.9 Å². The average molecular weight is 315 g/mol. The molecule has 0 aliphatic heterocycles. The fourth-order valence-electron chi connectivity index (χ4n) is 1.37. The van der Waals surface area contributed by atoms with Crippen LogP contribution in [0.4, 0.5) is 0 Å². The first kappa shape index (κ1) is 14.7. The number of carbonyl (C=O) groups excluding carboxylic acids is 2. The molecule has 0 N–H and O–H groups in total. The van der Waals surface area contributed by atoms with Crippen LogP contribution in [-0.2, 0) is 9.53 Å². The Morgan fingerprint density at radius 1 is 1.44 bits per heavy atom. The van der Waals surface area contributed by atoms with Crippen molar-refractivity contribution in [3.63, 3.8) is 0 Å². The van der Waals surface area contributed by atoms with E-state index in [0.29, 0.717) is 37.4 Å². The number of hydrogen-bond donors (Lipinski definition) is 0. The fraction of sp³-hybridized carbons (Fsp3) is 0.385. The molecule has 0 aromatic heterocycles. The maximum Gasteiger partial charge on any atom is 0.305 e. The molecule has 0 atom stereocenters. The van der Waals surface area contributed by atoms with E-state index in [1.807, 2.05) is 0 Å². The second-order valence-electron chi connectivity index (χ2n) is 3.56. The average Bonchev–Trinajstić information content (AvgIpc) is 2.36. The summed E-state index contributed by atoms with van der Waals surface area (Å²) in [5.41, 5.74) is 0.487. The molecule has 0 amide bonds. The van der Waals surface area contributed by atoms with Gasteiger partial charge in [-0.3, -0.25) is 9.59 Å². The van der Waals surface area contributed by atoms with E-state index in [4.69, 9.17) is 9.47 Å². The summed E-state index contributed by atoms with van der Waals surface area (Å²) in [5, 5.41) is 0. The van der Waals surface area contributed by atoms with Crippen molar-refractivity contribution in [2.24, 2.45) is 0 Å². The van der Waals surface area contributed by atoms with Crippen molar-refractivity contribution < 1.29 is 19.1 Å². The predicted molar refractivity (Wildman–Crippen MR) is 70.9 cm³/mol. The Labute approximate surface area is 114 Å². The lowest BCUT2D eigenvalue weighted by Gasteiger charge is -2.08. The van der Waals surface area contributed by atoms with Gasteiger partial charge in [0.15, 0.2) is 6.29 Å². The summed E-state index contributed by atoms with van der Waals surface area (Å²) in [6.07, 6.45) is 1.62. The predicted octanol–water partition coefficient (Wildman–Crippen LogP) is 2.98. The van der Waals surface area contributed by atoms with E-state index in [-0.39, 0.29) is 5.97 Å². The smallest absolute Gasteiger partial charge is 0.305 e. The number of carbonyl (C=O) groups is 2. The first-order valence-corrected chi connectivity index (χ1v) is 6.49. The van der Waals surface area contributed by atoms with E-state index >= 15 is 0 Å². The molecule has 1 aromatic rings. The Bertz CT molecular complexity index is 417. The van der Waals surface area contributed by atoms with Crippen LogP contribution in [0.25, 0.3) is 0 Å². The van der Waals surface area contributed by atoms with Gasteiger partial charge in [0.25, 0.3) is 0 Å². The quantitative estimate of drug-likeness (QED) is 0.441. The van der Waals surface area contributed by atoms with Gasteiger partial charge in [-0.2, -0.15) is 0 Å². The van der Waals surface area contributed by atoms with Crippen molar-refractivity contribution in [3.8, 4) is 5.75 Å². The normalized spacial score (nSPS) is 9.89. The van der Waals surface area contributed by atoms with Crippen molar-refractivity contribution in [2.45, 2.75) is 19.8 Å². The van der Waals surface area contributed by atoms with Gasteiger partial charge in [-0.05, 0) is 31.5 Å². The molecule has 1 aromatic carbocycles. The van der Waals surface area contributed by atoms with Gasteiger partial charge in [0.05, 0.1) is 18.8 Å². The molecule has 0 aliphatic carbocycles. The lowest BCUT2D eigenvalue weighted by Crippen LogP contribution is -2.07. The minimum absolute atomic E-state index is 0.229. The van der Waals surface area contributed by atoms with E-state index in [1.165, 1.54) is 0 Å². The second-order valence-corrected chi connectivity index (χ2v) is 4.47. The molecule has 1 rings (SSSR count). The van der Waals surface area contributed by atoms with E-state index in [1.54, 1.807) is 25.1 Å². The maximum absolute atomic E-state index is 11.1. The summed E-state index contributed by atoms with van der Waals surface area (Å²) < 4.78 is 11.1. The Kier molecular flexibility index (Phi) is 6.43. The number of aldehydes is 1. The van der Waals surface area contributed by atoms with Gasteiger partial charge in [0.1, 0.15) is 5.75 Å². The van der Waals surface area contributed by atoms with Gasteiger partial charge >= 0.3 is 5.97 Å². The summed E-state index contributed by atoms with van der Waals surface area (Å²) in [6, 6.07) is 5.21. The Balaban J connectivity index is 2.39. The highest BCUT2D eigenvalue weighted by Gasteiger charge is 2.05. The molecule has 98 valence electrons. The zero-order valence-corrected chi connectivity index (χ0v) is 11.7. The van der Waals surface area contributed by atoms with Gasteiger partial charge < -0.3 is 9.47 Å². The molecule has 0 bridgehead atoms. The van der Waals surface area contributed by atoms with Crippen LogP contribution in [0.3, 0.4) is 0 Å². The monoisotopic (exact) mass is 314 g/mol. The topological polar surface area (TPSA) is 52.6 Å². The van der Waals surface area contributed by atoms with Crippen LogP contribution in [-0.4, -0.2) is 25.5 Å². The number of benzene rings is 1. The highest BCUT2D eigenvalue weighted by atomic mass is 79.9. The SMILES string of the molecule is CCOC(=O)CCCOc1ccc(Br)cc1C=O. The maximum atomic E-state index is 11.1. The first-order chi connectivity index (χ1) is 8.67. The van der Waals surface area contributed by atoms with Crippen LogP contribution in [0, 0.1) is 0 Å². The molecule has 5 heteroatoms. The zero-order chi connectivity index (χ0) is 13.4. The van der Waals surface area contributed by atoms with Gasteiger partial charge in [0, 0.05) is 10.9 Å². The third kappa shape index (κ3) is 4.87. The standard InChI is InChI=1S/C13H15BrO4/c1-2-17-13(16)4-3-7-18-12-6-5-11(14)8-10(12)9-15/h5-6,8-9H,2-4,7H2,1H3. The summed E-state index contributed by atoms with van der Waals surface area (Å²) in [5.74, 6) is 0.296. The number of rotatable bonds is 7. The largest absolute Gasteiger partial charge is 0.493 e. The summed E-state index contributed by atoms with van der Waals surface area (Å²) >= 11 is 3.28. The van der Waals surface area contributed by atoms with Gasteiger partial charge in [-0.1, -0.05) is 15.9 Å². The molecule has 0 radical (unpaired) electrons. The van der Waals surface area contributed by atoms with E-state index in [2.05, 4.69) is 15.9 Å². The lowest BCUT2D eigenvalue weighted by molar-refractivity contribution is -0.143. The third-order valence-corrected chi connectivity index (χ3v) is 2.68. The minimum Gasteiger partial charge on any atom is -0.493 e. The van der Waals surface area contributed by atoms with Crippen molar-refractivity contribution in [1.82, 2.24) is 0 Å². The van der Waals surface area contributed by atoms with E-state index in [9.17, 15) is 9.59 Å². The molecule has 4 nitrogen and oxygen atoms in total. The van der Waals surface area contributed by atoms with Gasteiger partial charge in [0.2, 0.25) is 0 Å². The Morgan fingerprint density at radius 2 is 2.22 bits per heavy atom. The van der Waals surface area contributed by atoms with Crippen LogP contribution in [0.5, 0.6) is 5.75 Å². The molecule has 0 fully saturated rings. The van der Waals surface area contributed by atoms with Crippen molar-refractivity contribution >= 4 is 28.2 Å². The van der Waals surface area contributed by atoms with Crippen LogP contribution in [0.15, 0.2) is 22.7 Å². The van der Waals surface area contributed by atoms with Crippen molar-refractivity contribution in [1.29, 1.82) is 0 Å². The minimum atomic E-state index is -0.229. The molecule has 0 aliphatic rings. The number of ether oxygens (including phenoxy) is 2. The van der Waals surface area contributed by atoms with Crippen molar-refractivity contribution in [2.75, 3.05) is 13.2 Å². The van der Waals surface area contributed by atoms with Gasteiger partial charge in [-0.15, -0.1) is 0 Å². The number of hydrogen-bond acceptors (Lipinski definition) is 4. The lowest BCUT2D eigenvalue weighted by atomic mass is 10.2. The van der Waals surface area contributed by atoms with Crippen LogP contribution in [0.2, 0.25) is 0 Å². The van der Waals surface area contributed by atoms with Crippen LogP contribution < -0.4 is 4.74 Å². The molecular formula is C13H15BrO4. The third-order valence-electron chi connectivity index (χ3n) is 2.19. The van der Waals surface area contributed by atoms with Crippen LogP contribution in [0.1, 0.15) is 30.1 Å². The molecule has 18 heavy (non-hydrogen) atoms. The van der Waals surface area contributed by atoms with E-state index < -0.39 is 0 Å². The van der Waals surface area contributed by atoms with Gasteiger partial charge in [-0.25, -0.2) is 0 Å². The Morgan fingerprint density at radius 3 is 2.89 bits per heavy atom. The highest BCUT2D eigenvalue weighted by Crippen LogP contribution is 2.21. The molecular weight excluding hydrogens is 300 g/mol. The molecule has 0 heterocycles. The summed E-state index contributed by atoms with van der Waals surface area (Å²) in [4.78, 5) is 21.9.